The van der Waals surface area contributed by atoms with Crippen molar-refractivity contribution in [3.8, 4) is 0 Å². The Labute approximate surface area is 125 Å². The van der Waals surface area contributed by atoms with E-state index in [1.807, 2.05) is 6.92 Å². The molecular weight excluding hydrogens is 278 g/mol. The van der Waals surface area contributed by atoms with Gasteiger partial charge in [-0.25, -0.2) is 4.79 Å². The minimum absolute atomic E-state index is 0.0251. The molecule has 0 radical (unpaired) electrons. The van der Waals surface area contributed by atoms with Crippen LogP contribution in [0.2, 0.25) is 0 Å². The second-order valence-corrected chi connectivity index (χ2v) is 5.23. The Hall–Kier alpha value is -1.37. The molecule has 7 heteroatoms. The zero-order valence-electron chi connectivity index (χ0n) is 12.1. The lowest BCUT2D eigenvalue weighted by Crippen LogP contribution is -2.53. The van der Waals surface area contributed by atoms with Crippen LogP contribution in [0.3, 0.4) is 0 Å². The maximum Gasteiger partial charge on any atom is 0.409 e. The van der Waals surface area contributed by atoms with Gasteiger partial charge in [-0.2, -0.15) is 0 Å². The van der Waals surface area contributed by atoms with Crippen molar-refractivity contribution in [3.63, 3.8) is 0 Å². The monoisotopic (exact) mass is 301 g/mol. The van der Waals surface area contributed by atoms with E-state index in [0.29, 0.717) is 39.2 Å². The molecule has 2 amide bonds. The van der Waals surface area contributed by atoms with Gasteiger partial charge in [0.1, 0.15) is 0 Å². The molecule has 2 N–H and O–H groups in total. The first kappa shape index (κ1) is 16.7. The summed E-state index contributed by atoms with van der Waals surface area (Å²) in [7, 11) is 0. The van der Waals surface area contributed by atoms with Gasteiger partial charge in [-0.3, -0.25) is 4.79 Å². The molecule has 6 nitrogen and oxygen atoms in total. The van der Waals surface area contributed by atoms with Crippen molar-refractivity contribution in [1.82, 2.24) is 9.80 Å². The summed E-state index contributed by atoms with van der Waals surface area (Å²) in [6.45, 7) is 6.10. The Morgan fingerprint density at radius 3 is 2.20 bits per heavy atom. The van der Waals surface area contributed by atoms with Crippen molar-refractivity contribution >= 4 is 29.2 Å². The third-order valence-electron chi connectivity index (χ3n) is 3.34. The van der Waals surface area contributed by atoms with Gasteiger partial charge in [0.2, 0.25) is 5.91 Å². The van der Waals surface area contributed by atoms with Crippen molar-refractivity contribution in [3.05, 3.63) is 0 Å². The van der Waals surface area contributed by atoms with Crippen molar-refractivity contribution in [2.45, 2.75) is 26.7 Å². The van der Waals surface area contributed by atoms with Crippen molar-refractivity contribution in [1.29, 1.82) is 0 Å². The highest BCUT2D eigenvalue weighted by Gasteiger charge is 2.30. The molecule has 0 bridgehead atoms. The first-order chi connectivity index (χ1) is 9.51. The highest BCUT2D eigenvalue weighted by Crippen LogP contribution is 2.14. The van der Waals surface area contributed by atoms with E-state index in [9.17, 15) is 9.59 Å². The number of amides is 2. The molecule has 0 spiro atoms. The maximum atomic E-state index is 12.4. The standard InChI is InChI=1S/C13H23N3O3S/c1-3-5-10(11(14)20)12(17)15-6-8-16(9-7-15)13(18)19-4-2/h10H,3-9H2,1-2H3,(H2,14,20). The first-order valence-electron chi connectivity index (χ1n) is 7.01. The van der Waals surface area contributed by atoms with Gasteiger partial charge in [-0.1, -0.05) is 25.6 Å². The molecule has 0 aliphatic carbocycles. The normalized spacial score (nSPS) is 16.7. The molecule has 1 fully saturated rings. The van der Waals surface area contributed by atoms with Crippen LogP contribution in [0, 0.1) is 5.92 Å². The van der Waals surface area contributed by atoms with E-state index < -0.39 is 0 Å². The number of ether oxygens (including phenoxy) is 1. The fourth-order valence-corrected chi connectivity index (χ4v) is 2.44. The summed E-state index contributed by atoms with van der Waals surface area (Å²) in [5.41, 5.74) is 5.64. The van der Waals surface area contributed by atoms with Crippen LogP contribution in [0.1, 0.15) is 26.7 Å². The molecule has 1 aliphatic rings. The molecule has 0 aromatic carbocycles. The van der Waals surface area contributed by atoms with Gasteiger partial charge in [0, 0.05) is 26.2 Å². The SMILES string of the molecule is CCCC(C(=O)N1CCN(C(=O)OCC)CC1)C(N)=S. The summed E-state index contributed by atoms with van der Waals surface area (Å²) >= 11 is 4.97. The molecule has 1 rings (SSSR count). The number of hydrogen-bond donors (Lipinski definition) is 1. The van der Waals surface area contributed by atoms with Crippen LogP contribution in [0.15, 0.2) is 0 Å². The third kappa shape index (κ3) is 4.33. The summed E-state index contributed by atoms with van der Waals surface area (Å²) in [6, 6.07) is 0. The lowest BCUT2D eigenvalue weighted by Gasteiger charge is -2.35. The summed E-state index contributed by atoms with van der Waals surface area (Å²) in [5, 5.41) is 0. The molecule has 1 unspecified atom stereocenters. The lowest BCUT2D eigenvalue weighted by molar-refractivity contribution is -0.135. The third-order valence-corrected chi connectivity index (χ3v) is 3.62. The predicted octanol–water partition coefficient (Wildman–Crippen LogP) is 0.990. The number of rotatable bonds is 5. The molecule has 1 atom stereocenters. The van der Waals surface area contributed by atoms with Crippen LogP contribution in [0.25, 0.3) is 0 Å². The van der Waals surface area contributed by atoms with Crippen molar-refractivity contribution in [2.24, 2.45) is 11.7 Å². The number of hydrogen-bond acceptors (Lipinski definition) is 4. The highest BCUT2D eigenvalue weighted by atomic mass is 32.1. The zero-order chi connectivity index (χ0) is 15.1. The summed E-state index contributed by atoms with van der Waals surface area (Å²) in [5.74, 6) is -0.410. The Morgan fingerprint density at radius 2 is 1.75 bits per heavy atom. The van der Waals surface area contributed by atoms with Crippen LogP contribution in [0.5, 0.6) is 0 Å². The largest absolute Gasteiger partial charge is 0.450 e. The van der Waals surface area contributed by atoms with Gasteiger partial charge in [-0.15, -0.1) is 0 Å². The van der Waals surface area contributed by atoms with Crippen molar-refractivity contribution < 1.29 is 14.3 Å². The molecule has 0 aromatic heterocycles. The van der Waals surface area contributed by atoms with Gasteiger partial charge in [-0.05, 0) is 13.3 Å². The second-order valence-electron chi connectivity index (χ2n) is 4.75. The Morgan fingerprint density at radius 1 is 1.20 bits per heavy atom. The highest BCUT2D eigenvalue weighted by molar-refractivity contribution is 7.80. The molecule has 114 valence electrons. The molecule has 1 saturated heterocycles. The van der Waals surface area contributed by atoms with E-state index >= 15 is 0 Å². The van der Waals surface area contributed by atoms with Gasteiger partial charge in [0.15, 0.2) is 0 Å². The van der Waals surface area contributed by atoms with E-state index in [4.69, 9.17) is 22.7 Å². The summed E-state index contributed by atoms with van der Waals surface area (Å²) in [6.07, 6.45) is 1.21. The summed E-state index contributed by atoms with van der Waals surface area (Å²) < 4.78 is 4.94. The number of thiocarbonyl (C=S) groups is 1. The molecule has 1 heterocycles. The number of nitrogens with zero attached hydrogens (tertiary/aromatic N) is 2. The molecular formula is C13H23N3O3S. The smallest absolute Gasteiger partial charge is 0.409 e. The van der Waals surface area contributed by atoms with E-state index in [1.165, 1.54) is 0 Å². The number of nitrogens with two attached hydrogens (primary N) is 1. The van der Waals surface area contributed by atoms with Gasteiger partial charge < -0.3 is 20.3 Å². The Kier molecular flexibility index (Phi) is 6.70. The maximum absolute atomic E-state index is 12.4. The van der Waals surface area contributed by atoms with Crippen LogP contribution >= 0.6 is 12.2 Å². The second kappa shape index (κ2) is 8.04. The van der Waals surface area contributed by atoms with Crippen LogP contribution in [-0.2, 0) is 9.53 Å². The Balaban J connectivity index is 2.53. The van der Waals surface area contributed by atoms with Crippen molar-refractivity contribution in [2.75, 3.05) is 32.8 Å². The van der Waals surface area contributed by atoms with Crippen LogP contribution < -0.4 is 5.73 Å². The van der Waals surface area contributed by atoms with Gasteiger partial charge in [0.05, 0.1) is 17.5 Å². The predicted molar refractivity (Wildman–Crippen MR) is 80.4 cm³/mol. The van der Waals surface area contributed by atoms with Crippen LogP contribution in [0.4, 0.5) is 4.79 Å². The molecule has 1 aliphatic heterocycles. The average Bonchev–Trinajstić information content (AvgIpc) is 2.44. The first-order valence-corrected chi connectivity index (χ1v) is 7.41. The topological polar surface area (TPSA) is 75.9 Å². The molecule has 20 heavy (non-hydrogen) atoms. The lowest BCUT2D eigenvalue weighted by atomic mass is 10.0. The quantitative estimate of drug-likeness (QED) is 0.766. The average molecular weight is 301 g/mol. The fourth-order valence-electron chi connectivity index (χ4n) is 2.22. The Bertz CT molecular complexity index is 368. The van der Waals surface area contributed by atoms with E-state index in [2.05, 4.69) is 0 Å². The zero-order valence-corrected chi connectivity index (χ0v) is 12.9. The van der Waals surface area contributed by atoms with Gasteiger partial charge >= 0.3 is 6.09 Å². The molecule has 0 saturated carbocycles. The van der Waals surface area contributed by atoms with E-state index in [-0.39, 0.29) is 22.9 Å². The number of carbonyl (C=O) groups excluding carboxylic acids is 2. The fraction of sp³-hybridized carbons (Fsp3) is 0.769. The number of carbonyl (C=O) groups is 2. The minimum Gasteiger partial charge on any atom is -0.450 e. The summed E-state index contributed by atoms with van der Waals surface area (Å²) in [4.78, 5) is 27.5. The minimum atomic E-state index is -0.385. The van der Waals surface area contributed by atoms with E-state index in [1.54, 1.807) is 16.7 Å². The van der Waals surface area contributed by atoms with Crippen LogP contribution in [-0.4, -0.2) is 59.6 Å². The molecule has 0 aromatic rings. The van der Waals surface area contributed by atoms with E-state index in [0.717, 1.165) is 6.42 Å². The van der Waals surface area contributed by atoms with Gasteiger partial charge in [0.25, 0.3) is 0 Å². The number of piperazine rings is 1.